The number of amides is 2. The van der Waals surface area contributed by atoms with Gasteiger partial charge in [-0.3, -0.25) is 0 Å². The van der Waals surface area contributed by atoms with Crippen LogP contribution >= 0.6 is 0 Å². The molecule has 2 amide bonds. The number of anilines is 1. The molecule has 23 heavy (non-hydrogen) atoms. The number of aryl methyl sites for hydroxylation is 1. The van der Waals surface area contributed by atoms with E-state index in [1.807, 2.05) is 31.2 Å². The Balaban J connectivity index is 1.39. The number of benzene rings is 2. The Kier molecular flexibility index (Phi) is 4.52. The van der Waals surface area contributed by atoms with Crippen molar-refractivity contribution in [2.45, 2.75) is 6.92 Å². The van der Waals surface area contributed by atoms with Crippen LogP contribution in [-0.4, -0.2) is 26.0 Å². The number of hydrogen-bond donors (Lipinski definition) is 2. The van der Waals surface area contributed by atoms with Gasteiger partial charge in [0.1, 0.15) is 12.4 Å². The number of hydrogen-bond acceptors (Lipinski definition) is 4. The lowest BCUT2D eigenvalue weighted by atomic mass is 10.2. The van der Waals surface area contributed by atoms with Crippen LogP contribution < -0.4 is 24.8 Å². The van der Waals surface area contributed by atoms with Gasteiger partial charge < -0.3 is 24.8 Å². The predicted molar refractivity (Wildman–Crippen MR) is 86.3 cm³/mol. The maximum absolute atomic E-state index is 11.7. The van der Waals surface area contributed by atoms with Crippen LogP contribution in [0.3, 0.4) is 0 Å². The van der Waals surface area contributed by atoms with Gasteiger partial charge in [-0.15, -0.1) is 0 Å². The molecule has 0 aliphatic carbocycles. The molecule has 0 spiro atoms. The van der Waals surface area contributed by atoms with Crippen molar-refractivity contribution in [3.8, 4) is 17.2 Å². The van der Waals surface area contributed by atoms with Crippen molar-refractivity contribution >= 4 is 11.7 Å². The lowest BCUT2D eigenvalue weighted by Crippen LogP contribution is -2.32. The van der Waals surface area contributed by atoms with Gasteiger partial charge in [0.25, 0.3) is 0 Å². The fourth-order valence-corrected chi connectivity index (χ4v) is 2.11. The summed E-state index contributed by atoms with van der Waals surface area (Å²) in [5, 5.41) is 5.50. The van der Waals surface area contributed by atoms with E-state index in [2.05, 4.69) is 10.6 Å². The summed E-state index contributed by atoms with van der Waals surface area (Å²) in [4.78, 5) is 11.7. The Labute approximate surface area is 134 Å². The summed E-state index contributed by atoms with van der Waals surface area (Å²) < 4.78 is 16.1. The van der Waals surface area contributed by atoms with Crippen molar-refractivity contribution in [2.75, 3.05) is 25.3 Å². The van der Waals surface area contributed by atoms with E-state index in [0.717, 1.165) is 11.3 Å². The molecule has 2 aromatic carbocycles. The zero-order valence-electron chi connectivity index (χ0n) is 12.8. The first-order chi connectivity index (χ1) is 11.2. The van der Waals surface area contributed by atoms with Gasteiger partial charge in [-0.1, -0.05) is 17.7 Å². The number of ether oxygens (including phenoxy) is 3. The summed E-state index contributed by atoms with van der Waals surface area (Å²) >= 11 is 0. The molecule has 0 bridgehead atoms. The van der Waals surface area contributed by atoms with Gasteiger partial charge in [-0.25, -0.2) is 4.79 Å². The zero-order chi connectivity index (χ0) is 16.1. The molecule has 0 unspecified atom stereocenters. The number of nitrogens with one attached hydrogen (secondary N) is 2. The molecule has 0 saturated carbocycles. The minimum absolute atomic E-state index is 0.236. The topological polar surface area (TPSA) is 68.8 Å². The highest BCUT2D eigenvalue weighted by atomic mass is 16.7. The van der Waals surface area contributed by atoms with E-state index >= 15 is 0 Å². The maximum Gasteiger partial charge on any atom is 0.319 e. The average molecular weight is 314 g/mol. The van der Waals surface area contributed by atoms with E-state index in [-0.39, 0.29) is 12.8 Å². The van der Waals surface area contributed by atoms with Crippen molar-refractivity contribution in [1.29, 1.82) is 0 Å². The van der Waals surface area contributed by atoms with Crippen LogP contribution in [-0.2, 0) is 0 Å². The maximum atomic E-state index is 11.7. The van der Waals surface area contributed by atoms with E-state index < -0.39 is 0 Å². The SMILES string of the molecule is Cc1ccc(NC(=O)NCCOc2ccc3c(c2)OCO3)cc1. The second-order valence-electron chi connectivity index (χ2n) is 5.11. The third-order valence-corrected chi connectivity index (χ3v) is 3.31. The molecule has 2 N–H and O–H groups in total. The van der Waals surface area contributed by atoms with E-state index in [9.17, 15) is 4.79 Å². The predicted octanol–water partition coefficient (Wildman–Crippen LogP) is 2.92. The van der Waals surface area contributed by atoms with E-state index in [4.69, 9.17) is 14.2 Å². The van der Waals surface area contributed by atoms with Crippen LogP contribution in [0, 0.1) is 6.92 Å². The molecular formula is C17H18N2O4. The van der Waals surface area contributed by atoms with Crippen LogP contribution in [0.25, 0.3) is 0 Å². The van der Waals surface area contributed by atoms with Gasteiger partial charge in [-0.05, 0) is 31.2 Å². The minimum Gasteiger partial charge on any atom is -0.492 e. The highest BCUT2D eigenvalue weighted by Gasteiger charge is 2.13. The first-order valence-corrected chi connectivity index (χ1v) is 7.35. The molecule has 0 saturated heterocycles. The zero-order valence-corrected chi connectivity index (χ0v) is 12.8. The summed E-state index contributed by atoms with van der Waals surface area (Å²) in [6.07, 6.45) is 0. The Hall–Kier alpha value is -2.89. The summed E-state index contributed by atoms with van der Waals surface area (Å²) in [5.74, 6) is 2.07. The van der Waals surface area contributed by atoms with Crippen molar-refractivity contribution in [2.24, 2.45) is 0 Å². The van der Waals surface area contributed by atoms with Gasteiger partial charge >= 0.3 is 6.03 Å². The largest absolute Gasteiger partial charge is 0.492 e. The fourth-order valence-electron chi connectivity index (χ4n) is 2.11. The lowest BCUT2D eigenvalue weighted by molar-refractivity contribution is 0.173. The molecule has 3 rings (SSSR count). The number of fused-ring (bicyclic) bond motifs is 1. The normalized spacial score (nSPS) is 11.9. The molecule has 120 valence electrons. The fraction of sp³-hybridized carbons (Fsp3) is 0.235. The number of carbonyl (C=O) groups is 1. The van der Waals surface area contributed by atoms with E-state index in [1.165, 1.54) is 0 Å². The van der Waals surface area contributed by atoms with Crippen molar-refractivity contribution in [3.63, 3.8) is 0 Å². The number of carbonyl (C=O) groups excluding carboxylic acids is 1. The molecule has 0 atom stereocenters. The average Bonchev–Trinajstić information content (AvgIpc) is 3.01. The van der Waals surface area contributed by atoms with Crippen molar-refractivity contribution < 1.29 is 19.0 Å². The van der Waals surface area contributed by atoms with Crippen LogP contribution in [0.2, 0.25) is 0 Å². The van der Waals surface area contributed by atoms with Crippen molar-refractivity contribution in [3.05, 3.63) is 48.0 Å². The smallest absolute Gasteiger partial charge is 0.319 e. The minimum atomic E-state index is -0.261. The van der Waals surface area contributed by atoms with Gasteiger partial charge in [-0.2, -0.15) is 0 Å². The van der Waals surface area contributed by atoms with Crippen LogP contribution in [0.4, 0.5) is 10.5 Å². The molecular weight excluding hydrogens is 296 g/mol. The van der Waals surface area contributed by atoms with E-state index in [1.54, 1.807) is 18.2 Å². The Morgan fingerprint density at radius 2 is 1.91 bits per heavy atom. The summed E-state index contributed by atoms with van der Waals surface area (Å²) in [7, 11) is 0. The standard InChI is InChI=1S/C17H18N2O4/c1-12-2-4-13(5-3-12)19-17(20)18-8-9-21-14-6-7-15-16(10-14)23-11-22-15/h2-7,10H,8-9,11H2,1H3,(H2,18,19,20). The molecule has 1 aliphatic rings. The highest BCUT2D eigenvalue weighted by molar-refractivity contribution is 5.89. The van der Waals surface area contributed by atoms with Crippen LogP contribution in [0.15, 0.2) is 42.5 Å². The van der Waals surface area contributed by atoms with E-state index in [0.29, 0.717) is 30.4 Å². The molecule has 0 fully saturated rings. The number of urea groups is 1. The lowest BCUT2D eigenvalue weighted by Gasteiger charge is -2.09. The summed E-state index contributed by atoms with van der Waals surface area (Å²) in [6, 6.07) is 12.7. The molecule has 2 aromatic rings. The monoisotopic (exact) mass is 314 g/mol. The second kappa shape index (κ2) is 6.91. The Bertz CT molecular complexity index is 685. The van der Waals surface area contributed by atoms with Crippen molar-refractivity contribution in [1.82, 2.24) is 5.32 Å². The first kappa shape index (κ1) is 15.0. The number of rotatable bonds is 5. The summed E-state index contributed by atoms with van der Waals surface area (Å²) in [5.41, 5.74) is 1.90. The molecule has 1 heterocycles. The Morgan fingerprint density at radius 3 is 2.74 bits per heavy atom. The third-order valence-electron chi connectivity index (χ3n) is 3.31. The quantitative estimate of drug-likeness (QED) is 0.833. The third kappa shape index (κ3) is 4.06. The molecule has 0 aromatic heterocycles. The molecule has 0 radical (unpaired) electrons. The van der Waals surface area contributed by atoms with Gasteiger partial charge in [0, 0.05) is 11.8 Å². The van der Waals surface area contributed by atoms with Gasteiger partial charge in [0.05, 0.1) is 6.54 Å². The van der Waals surface area contributed by atoms with Crippen LogP contribution in [0.5, 0.6) is 17.2 Å². The molecule has 6 nitrogen and oxygen atoms in total. The molecule has 1 aliphatic heterocycles. The second-order valence-corrected chi connectivity index (χ2v) is 5.11. The molecule has 6 heteroatoms. The summed E-state index contributed by atoms with van der Waals surface area (Å²) in [6.45, 7) is 2.99. The van der Waals surface area contributed by atoms with Gasteiger partial charge in [0.2, 0.25) is 6.79 Å². The highest BCUT2D eigenvalue weighted by Crippen LogP contribution is 2.34. The first-order valence-electron chi connectivity index (χ1n) is 7.35. The van der Waals surface area contributed by atoms with Crippen LogP contribution in [0.1, 0.15) is 5.56 Å². The Morgan fingerprint density at radius 1 is 1.13 bits per heavy atom. The van der Waals surface area contributed by atoms with Gasteiger partial charge in [0.15, 0.2) is 11.5 Å².